The number of thiocarbonyl (C=S) groups is 1. The second kappa shape index (κ2) is 8.67. The lowest BCUT2D eigenvalue weighted by Crippen LogP contribution is -2.27. The van der Waals surface area contributed by atoms with Crippen molar-refractivity contribution in [2.24, 2.45) is 0 Å². The van der Waals surface area contributed by atoms with E-state index in [1.54, 1.807) is 37.5 Å². The fourth-order valence-corrected chi connectivity index (χ4v) is 4.04. The van der Waals surface area contributed by atoms with Crippen LogP contribution in [0.3, 0.4) is 0 Å². The zero-order chi connectivity index (χ0) is 21.1. The van der Waals surface area contributed by atoms with Crippen molar-refractivity contribution in [3.63, 3.8) is 0 Å². The fourth-order valence-electron chi connectivity index (χ4n) is 2.74. The number of methoxy groups -OCH3 is 1. The molecule has 2 aromatic rings. The zero-order valence-electron chi connectivity index (χ0n) is 16.0. The summed E-state index contributed by atoms with van der Waals surface area (Å²) in [4.78, 5) is 25.9. The number of hydrogen-bond donors (Lipinski definition) is 1. The van der Waals surface area contributed by atoms with Gasteiger partial charge in [-0.25, -0.2) is 4.79 Å². The number of carboxylic acids is 1. The molecule has 150 valence electrons. The largest absolute Gasteiger partial charge is 0.493 e. The Bertz CT molecular complexity index is 1020. The minimum Gasteiger partial charge on any atom is -0.493 e. The first-order valence-electron chi connectivity index (χ1n) is 8.76. The Morgan fingerprint density at radius 2 is 1.97 bits per heavy atom. The van der Waals surface area contributed by atoms with Gasteiger partial charge < -0.3 is 14.6 Å². The SMILES string of the molecule is COc1cc(/C=C2\SC(=S)N(c3cccc(C(=O)O)c3)C2=O)ccc1OC(C)C. The van der Waals surface area contributed by atoms with E-state index in [0.29, 0.717) is 26.4 Å². The first-order valence-corrected chi connectivity index (χ1v) is 9.98. The third-order valence-electron chi connectivity index (χ3n) is 3.99. The van der Waals surface area contributed by atoms with Crippen LogP contribution in [-0.4, -0.2) is 34.5 Å². The number of benzene rings is 2. The smallest absolute Gasteiger partial charge is 0.335 e. The molecule has 3 rings (SSSR count). The first kappa shape index (κ1) is 20.9. The highest BCUT2D eigenvalue weighted by atomic mass is 32.2. The lowest BCUT2D eigenvalue weighted by molar-refractivity contribution is -0.113. The van der Waals surface area contributed by atoms with Crippen LogP contribution in [0.2, 0.25) is 0 Å². The van der Waals surface area contributed by atoms with Gasteiger partial charge in [-0.05, 0) is 55.8 Å². The molecular formula is C21H19NO5S2. The number of hydrogen-bond acceptors (Lipinski definition) is 6. The number of nitrogens with zero attached hydrogens (tertiary/aromatic N) is 1. The highest BCUT2D eigenvalue weighted by molar-refractivity contribution is 8.27. The van der Waals surface area contributed by atoms with Crippen LogP contribution in [0.15, 0.2) is 47.4 Å². The van der Waals surface area contributed by atoms with Crippen molar-refractivity contribution in [3.05, 3.63) is 58.5 Å². The maximum Gasteiger partial charge on any atom is 0.335 e. The highest BCUT2D eigenvalue weighted by Gasteiger charge is 2.33. The second-order valence-electron chi connectivity index (χ2n) is 6.45. The average molecular weight is 430 g/mol. The molecule has 0 aromatic heterocycles. The minimum atomic E-state index is -1.07. The third kappa shape index (κ3) is 4.60. The summed E-state index contributed by atoms with van der Waals surface area (Å²) in [6.07, 6.45) is 1.73. The highest BCUT2D eigenvalue weighted by Crippen LogP contribution is 2.37. The summed E-state index contributed by atoms with van der Waals surface area (Å²) in [5.41, 5.74) is 1.28. The molecule has 0 saturated carbocycles. The Balaban J connectivity index is 1.90. The maximum absolute atomic E-state index is 12.9. The van der Waals surface area contributed by atoms with E-state index in [-0.39, 0.29) is 17.6 Å². The van der Waals surface area contributed by atoms with Crippen molar-refractivity contribution in [3.8, 4) is 11.5 Å². The van der Waals surface area contributed by atoms with E-state index in [1.807, 2.05) is 19.9 Å². The summed E-state index contributed by atoms with van der Waals surface area (Å²) in [7, 11) is 1.56. The van der Waals surface area contributed by atoms with Gasteiger partial charge in [0.15, 0.2) is 15.8 Å². The molecule has 29 heavy (non-hydrogen) atoms. The summed E-state index contributed by atoms with van der Waals surface area (Å²) >= 11 is 6.52. The van der Waals surface area contributed by atoms with Crippen molar-refractivity contribution in [1.29, 1.82) is 0 Å². The Morgan fingerprint density at radius 3 is 2.62 bits per heavy atom. The number of thioether (sulfide) groups is 1. The summed E-state index contributed by atoms with van der Waals surface area (Å²) in [5, 5.41) is 9.18. The standard InChI is InChI=1S/C21H19NO5S2/c1-12(2)27-16-8-7-13(9-17(16)26-3)10-18-19(23)22(21(28)29-18)15-6-4-5-14(11-15)20(24)25/h4-12H,1-3H3,(H,24,25)/b18-10-. The van der Waals surface area contributed by atoms with Crippen LogP contribution in [0.1, 0.15) is 29.8 Å². The van der Waals surface area contributed by atoms with Crippen molar-refractivity contribution in [2.45, 2.75) is 20.0 Å². The predicted octanol–water partition coefficient (Wildman–Crippen LogP) is 4.59. The van der Waals surface area contributed by atoms with E-state index < -0.39 is 5.97 Å². The van der Waals surface area contributed by atoms with Gasteiger partial charge in [-0.15, -0.1) is 0 Å². The van der Waals surface area contributed by atoms with Crippen molar-refractivity contribution >= 4 is 51.9 Å². The summed E-state index contributed by atoms with van der Waals surface area (Å²) < 4.78 is 11.4. The minimum absolute atomic E-state index is 0.00701. The maximum atomic E-state index is 12.9. The molecule has 2 aromatic carbocycles. The van der Waals surface area contributed by atoms with E-state index in [2.05, 4.69) is 0 Å². The molecule has 1 heterocycles. The monoisotopic (exact) mass is 429 g/mol. The van der Waals surface area contributed by atoms with Crippen LogP contribution in [-0.2, 0) is 4.79 Å². The van der Waals surface area contributed by atoms with Gasteiger partial charge in [0.1, 0.15) is 0 Å². The predicted molar refractivity (Wildman–Crippen MR) is 118 cm³/mol. The molecule has 1 saturated heterocycles. The number of carbonyl (C=O) groups excluding carboxylic acids is 1. The van der Waals surface area contributed by atoms with Crippen LogP contribution in [0.5, 0.6) is 11.5 Å². The van der Waals surface area contributed by atoms with Crippen LogP contribution >= 0.6 is 24.0 Å². The van der Waals surface area contributed by atoms with E-state index in [0.717, 1.165) is 17.3 Å². The summed E-state index contributed by atoms with van der Waals surface area (Å²) in [6, 6.07) is 11.5. The lowest BCUT2D eigenvalue weighted by atomic mass is 10.1. The number of amides is 1. The van der Waals surface area contributed by atoms with Crippen LogP contribution in [0, 0.1) is 0 Å². The van der Waals surface area contributed by atoms with Crippen LogP contribution < -0.4 is 14.4 Å². The molecule has 1 fully saturated rings. The number of carboxylic acid groups (broad SMARTS) is 1. The number of anilines is 1. The normalized spacial score (nSPS) is 15.3. The van der Waals surface area contributed by atoms with Crippen LogP contribution in [0.4, 0.5) is 5.69 Å². The van der Waals surface area contributed by atoms with Gasteiger partial charge in [0.2, 0.25) is 0 Å². The van der Waals surface area contributed by atoms with Gasteiger partial charge in [-0.2, -0.15) is 0 Å². The topological polar surface area (TPSA) is 76.1 Å². The number of aromatic carboxylic acids is 1. The first-order chi connectivity index (χ1) is 13.8. The Hall–Kier alpha value is -2.84. The van der Waals surface area contributed by atoms with Gasteiger partial charge in [-0.3, -0.25) is 9.69 Å². The summed E-state index contributed by atoms with van der Waals surface area (Å²) in [5.74, 6) is -0.178. The van der Waals surface area contributed by atoms with Crippen molar-refractivity contribution in [2.75, 3.05) is 12.0 Å². The number of rotatable bonds is 6. The molecule has 0 atom stereocenters. The Labute approximate surface area is 178 Å². The molecule has 0 bridgehead atoms. The molecule has 0 spiro atoms. The van der Waals surface area contributed by atoms with E-state index >= 15 is 0 Å². The van der Waals surface area contributed by atoms with E-state index in [1.165, 1.54) is 17.0 Å². The van der Waals surface area contributed by atoms with Gasteiger partial charge in [0, 0.05) is 0 Å². The van der Waals surface area contributed by atoms with Crippen LogP contribution in [0.25, 0.3) is 6.08 Å². The molecule has 1 amide bonds. The van der Waals surface area contributed by atoms with E-state index in [4.69, 9.17) is 21.7 Å². The second-order valence-corrected chi connectivity index (χ2v) is 8.13. The van der Waals surface area contributed by atoms with Crippen molar-refractivity contribution in [1.82, 2.24) is 0 Å². The molecule has 0 radical (unpaired) electrons. The molecule has 8 heteroatoms. The molecule has 6 nitrogen and oxygen atoms in total. The zero-order valence-corrected chi connectivity index (χ0v) is 17.7. The lowest BCUT2D eigenvalue weighted by Gasteiger charge is -2.15. The van der Waals surface area contributed by atoms with Gasteiger partial charge in [0.25, 0.3) is 5.91 Å². The van der Waals surface area contributed by atoms with Gasteiger partial charge >= 0.3 is 5.97 Å². The molecule has 0 unspecified atom stereocenters. The number of ether oxygens (including phenoxy) is 2. The van der Waals surface area contributed by atoms with Gasteiger partial charge in [-0.1, -0.05) is 36.1 Å². The molecule has 1 N–H and O–H groups in total. The Morgan fingerprint density at radius 1 is 1.21 bits per heavy atom. The van der Waals surface area contributed by atoms with E-state index in [9.17, 15) is 14.7 Å². The van der Waals surface area contributed by atoms with Crippen molar-refractivity contribution < 1.29 is 24.2 Å². The number of carbonyl (C=O) groups is 2. The Kier molecular flexibility index (Phi) is 6.24. The molecule has 1 aliphatic rings. The fraction of sp³-hybridized carbons (Fsp3) is 0.190. The molecular weight excluding hydrogens is 410 g/mol. The summed E-state index contributed by atoms with van der Waals surface area (Å²) in [6.45, 7) is 3.86. The quantitative estimate of drug-likeness (QED) is 0.532. The average Bonchev–Trinajstić information content (AvgIpc) is 2.95. The van der Waals surface area contributed by atoms with Gasteiger partial charge in [0.05, 0.1) is 29.4 Å². The molecule has 1 aliphatic heterocycles. The third-order valence-corrected chi connectivity index (χ3v) is 5.30. The molecule has 0 aliphatic carbocycles.